The van der Waals surface area contributed by atoms with Crippen molar-refractivity contribution in [1.29, 1.82) is 0 Å². The molecular formula is C35H21Br. The van der Waals surface area contributed by atoms with E-state index >= 15 is 0 Å². The van der Waals surface area contributed by atoms with Gasteiger partial charge in [-0.25, -0.2) is 0 Å². The first-order valence-corrected chi connectivity index (χ1v) is 13.2. The summed E-state index contributed by atoms with van der Waals surface area (Å²) >= 11 is 3.79. The predicted octanol–water partition coefficient (Wildman–Crippen LogP) is 9.61. The van der Waals surface area contributed by atoms with E-state index in [9.17, 15) is 0 Å². The summed E-state index contributed by atoms with van der Waals surface area (Å²) in [4.78, 5) is 0. The lowest BCUT2D eigenvalue weighted by atomic mass is 9.69. The zero-order valence-corrected chi connectivity index (χ0v) is 21.1. The molecule has 36 heavy (non-hydrogen) atoms. The van der Waals surface area contributed by atoms with Gasteiger partial charge in [0.05, 0.1) is 5.41 Å². The molecule has 0 saturated heterocycles. The van der Waals surface area contributed by atoms with Crippen molar-refractivity contribution in [2.75, 3.05) is 0 Å². The molecule has 0 saturated carbocycles. The van der Waals surface area contributed by atoms with Gasteiger partial charge in [0, 0.05) is 4.47 Å². The molecular weight excluding hydrogens is 500 g/mol. The second-order valence-corrected chi connectivity index (χ2v) is 10.6. The standard InChI is InChI=1S/C35H21Br/c36-33-16-8-4-9-24(33)23-18-17-22-19-20-28-27-12-3-7-15-32(27)35(34(28)29(22)21-23)30-13-5-1-10-25(30)26-11-2-6-14-31(26)35/h1-21H. The first kappa shape index (κ1) is 20.3. The van der Waals surface area contributed by atoms with E-state index in [0.717, 1.165) is 4.47 Å². The minimum atomic E-state index is -0.328. The number of halogens is 1. The Kier molecular flexibility index (Phi) is 4.10. The van der Waals surface area contributed by atoms with E-state index in [1.807, 2.05) is 0 Å². The molecule has 168 valence electrons. The first-order chi connectivity index (χ1) is 17.8. The monoisotopic (exact) mass is 520 g/mol. The number of fused-ring (bicyclic) bond motifs is 12. The molecule has 0 nitrogen and oxygen atoms in total. The number of rotatable bonds is 1. The van der Waals surface area contributed by atoms with E-state index in [0.29, 0.717) is 0 Å². The summed E-state index contributed by atoms with van der Waals surface area (Å²) in [5.41, 5.74) is 13.1. The van der Waals surface area contributed by atoms with Gasteiger partial charge in [0.1, 0.15) is 0 Å². The summed E-state index contributed by atoms with van der Waals surface area (Å²) in [7, 11) is 0. The summed E-state index contributed by atoms with van der Waals surface area (Å²) < 4.78 is 1.12. The smallest absolute Gasteiger partial charge is 0.0619 e. The van der Waals surface area contributed by atoms with Gasteiger partial charge in [0.2, 0.25) is 0 Å². The summed E-state index contributed by atoms with van der Waals surface area (Å²) in [5.74, 6) is 0. The lowest BCUT2D eigenvalue weighted by Gasteiger charge is -2.31. The van der Waals surface area contributed by atoms with Crippen molar-refractivity contribution in [3.8, 4) is 33.4 Å². The van der Waals surface area contributed by atoms with Crippen LogP contribution in [-0.4, -0.2) is 0 Å². The molecule has 0 unspecified atom stereocenters. The molecule has 1 spiro atoms. The summed E-state index contributed by atoms with van der Waals surface area (Å²) in [5, 5.41) is 2.60. The van der Waals surface area contributed by atoms with Crippen LogP contribution < -0.4 is 0 Å². The van der Waals surface area contributed by atoms with E-state index in [2.05, 4.69) is 143 Å². The van der Waals surface area contributed by atoms with Gasteiger partial charge in [-0.3, -0.25) is 0 Å². The Labute approximate surface area is 219 Å². The van der Waals surface area contributed by atoms with Crippen molar-refractivity contribution in [3.63, 3.8) is 0 Å². The second-order valence-electron chi connectivity index (χ2n) is 9.79. The van der Waals surface area contributed by atoms with Gasteiger partial charge < -0.3 is 0 Å². The summed E-state index contributed by atoms with van der Waals surface area (Å²) in [6.45, 7) is 0. The highest BCUT2D eigenvalue weighted by Gasteiger charge is 2.52. The van der Waals surface area contributed by atoms with E-state index in [-0.39, 0.29) is 5.41 Å². The van der Waals surface area contributed by atoms with Crippen LogP contribution in [0.25, 0.3) is 44.2 Å². The van der Waals surface area contributed by atoms with Gasteiger partial charge in [-0.15, -0.1) is 0 Å². The van der Waals surface area contributed by atoms with Crippen LogP contribution in [0.1, 0.15) is 22.3 Å². The third-order valence-electron chi connectivity index (χ3n) is 8.15. The molecule has 6 aromatic rings. The fraction of sp³-hybridized carbons (Fsp3) is 0.0286. The fourth-order valence-corrected chi connectivity index (χ4v) is 7.30. The zero-order valence-electron chi connectivity index (χ0n) is 19.5. The average molecular weight is 521 g/mol. The molecule has 0 aromatic heterocycles. The maximum absolute atomic E-state index is 3.79. The molecule has 2 aliphatic rings. The average Bonchev–Trinajstić information content (AvgIpc) is 3.41. The lowest BCUT2D eigenvalue weighted by Crippen LogP contribution is -2.26. The minimum absolute atomic E-state index is 0.328. The summed E-state index contributed by atoms with van der Waals surface area (Å²) in [6.07, 6.45) is 0. The lowest BCUT2D eigenvalue weighted by molar-refractivity contribution is 0.801. The quantitative estimate of drug-likeness (QED) is 0.202. The highest BCUT2D eigenvalue weighted by Crippen LogP contribution is 2.64. The molecule has 0 N–H and O–H groups in total. The van der Waals surface area contributed by atoms with Crippen LogP contribution in [0.15, 0.2) is 132 Å². The molecule has 0 bridgehead atoms. The van der Waals surface area contributed by atoms with Crippen LogP contribution in [0, 0.1) is 0 Å². The topological polar surface area (TPSA) is 0 Å². The molecule has 6 aromatic carbocycles. The van der Waals surface area contributed by atoms with E-state index in [1.54, 1.807) is 0 Å². The molecule has 2 aliphatic carbocycles. The largest absolute Gasteiger partial charge is 0.0731 e. The van der Waals surface area contributed by atoms with Gasteiger partial charge in [0.25, 0.3) is 0 Å². The van der Waals surface area contributed by atoms with Crippen LogP contribution in [0.5, 0.6) is 0 Å². The molecule has 0 aliphatic heterocycles. The molecule has 1 heteroatoms. The van der Waals surface area contributed by atoms with Crippen LogP contribution in [0.2, 0.25) is 0 Å². The zero-order chi connectivity index (χ0) is 23.9. The third-order valence-corrected chi connectivity index (χ3v) is 8.85. The number of hydrogen-bond donors (Lipinski definition) is 0. The molecule has 0 atom stereocenters. The van der Waals surface area contributed by atoms with Crippen molar-refractivity contribution in [2.24, 2.45) is 0 Å². The molecule has 8 rings (SSSR count). The third kappa shape index (κ3) is 2.44. The fourth-order valence-electron chi connectivity index (χ4n) is 6.79. The van der Waals surface area contributed by atoms with E-state index < -0.39 is 0 Å². The van der Waals surface area contributed by atoms with Crippen molar-refractivity contribution in [2.45, 2.75) is 5.41 Å². The molecule has 0 heterocycles. The van der Waals surface area contributed by atoms with Crippen LogP contribution in [-0.2, 0) is 5.41 Å². The number of hydrogen-bond acceptors (Lipinski definition) is 0. The molecule has 0 fully saturated rings. The van der Waals surface area contributed by atoms with Gasteiger partial charge >= 0.3 is 0 Å². The highest BCUT2D eigenvalue weighted by molar-refractivity contribution is 9.10. The Bertz CT molecular complexity index is 1800. The Hall–Kier alpha value is -3.94. The second kappa shape index (κ2) is 7.29. The Morgan fingerprint density at radius 2 is 0.944 bits per heavy atom. The highest BCUT2D eigenvalue weighted by atomic mass is 79.9. The van der Waals surface area contributed by atoms with Crippen LogP contribution in [0.3, 0.4) is 0 Å². The van der Waals surface area contributed by atoms with Crippen molar-refractivity contribution < 1.29 is 0 Å². The van der Waals surface area contributed by atoms with Crippen molar-refractivity contribution >= 4 is 26.7 Å². The Morgan fingerprint density at radius 3 is 1.56 bits per heavy atom. The van der Waals surface area contributed by atoms with Gasteiger partial charge in [-0.1, -0.05) is 131 Å². The summed E-state index contributed by atoms with van der Waals surface area (Å²) in [6, 6.07) is 47.1. The van der Waals surface area contributed by atoms with E-state index in [1.165, 1.54) is 66.4 Å². The normalized spacial score (nSPS) is 13.9. The Morgan fingerprint density at radius 1 is 0.444 bits per heavy atom. The van der Waals surface area contributed by atoms with Gasteiger partial charge in [0.15, 0.2) is 0 Å². The van der Waals surface area contributed by atoms with Crippen LogP contribution >= 0.6 is 15.9 Å². The SMILES string of the molecule is Brc1ccccc1-c1ccc2ccc3c(c2c1)C1(c2ccccc2-c2ccccc21)c1ccccc1-3. The van der Waals surface area contributed by atoms with E-state index in [4.69, 9.17) is 0 Å². The van der Waals surface area contributed by atoms with Gasteiger partial charge in [-0.05, 0) is 78.5 Å². The minimum Gasteiger partial charge on any atom is -0.0619 e. The Balaban J connectivity index is 1.57. The maximum atomic E-state index is 3.79. The predicted molar refractivity (Wildman–Crippen MR) is 153 cm³/mol. The van der Waals surface area contributed by atoms with Crippen molar-refractivity contribution in [3.05, 3.63) is 154 Å². The molecule has 0 radical (unpaired) electrons. The van der Waals surface area contributed by atoms with Crippen molar-refractivity contribution in [1.82, 2.24) is 0 Å². The maximum Gasteiger partial charge on any atom is 0.0731 e. The molecule has 0 amide bonds. The van der Waals surface area contributed by atoms with Gasteiger partial charge in [-0.2, -0.15) is 0 Å². The van der Waals surface area contributed by atoms with Crippen LogP contribution in [0.4, 0.5) is 0 Å². The first-order valence-electron chi connectivity index (χ1n) is 12.4. The number of benzene rings is 6.